The van der Waals surface area contributed by atoms with Crippen LogP contribution in [0.25, 0.3) is 0 Å². The van der Waals surface area contributed by atoms with Gasteiger partial charge >= 0.3 is 0 Å². The van der Waals surface area contributed by atoms with Gasteiger partial charge in [-0.25, -0.2) is 0 Å². The predicted molar refractivity (Wildman–Crippen MR) is 71.0 cm³/mol. The van der Waals surface area contributed by atoms with E-state index in [2.05, 4.69) is 20.9 Å². The summed E-state index contributed by atoms with van der Waals surface area (Å²) < 4.78 is 6.45. The van der Waals surface area contributed by atoms with E-state index in [-0.39, 0.29) is 5.78 Å². The van der Waals surface area contributed by atoms with E-state index in [1.165, 1.54) is 0 Å². The molecule has 1 heterocycles. The number of nitrogens with zero attached hydrogens (tertiary/aromatic N) is 1. The van der Waals surface area contributed by atoms with Crippen molar-refractivity contribution in [2.45, 2.75) is 39.2 Å². The molecule has 1 rings (SSSR count). The summed E-state index contributed by atoms with van der Waals surface area (Å²) in [6, 6.07) is 1.91. The van der Waals surface area contributed by atoms with Crippen LogP contribution >= 0.6 is 15.9 Å². The van der Waals surface area contributed by atoms with Gasteiger partial charge in [0.25, 0.3) is 0 Å². The molecular formula is C13H18BrNO2. The van der Waals surface area contributed by atoms with Gasteiger partial charge in [0.15, 0.2) is 5.78 Å². The van der Waals surface area contributed by atoms with Crippen LogP contribution in [0.5, 0.6) is 0 Å². The number of hydrogen-bond acceptors (Lipinski definition) is 3. The van der Waals surface area contributed by atoms with Crippen molar-refractivity contribution in [1.29, 1.82) is 0 Å². The van der Waals surface area contributed by atoms with Crippen LogP contribution in [-0.2, 0) is 16.0 Å². The fourth-order valence-corrected chi connectivity index (χ4v) is 2.04. The van der Waals surface area contributed by atoms with E-state index < -0.39 is 5.60 Å². The Kier molecular flexibility index (Phi) is 5.28. The fraction of sp³-hybridized carbons (Fsp3) is 0.538. The third-order valence-corrected chi connectivity index (χ3v) is 3.29. The van der Waals surface area contributed by atoms with Gasteiger partial charge in [0.2, 0.25) is 0 Å². The summed E-state index contributed by atoms with van der Waals surface area (Å²) in [5.74, 6) is 0.0988. The lowest BCUT2D eigenvalue weighted by molar-refractivity contribution is -0.141. The summed E-state index contributed by atoms with van der Waals surface area (Å²) in [5.41, 5.74) is 0.223. The second-order valence-corrected chi connectivity index (χ2v) is 5.04. The summed E-state index contributed by atoms with van der Waals surface area (Å²) in [6.07, 6.45) is 4.46. The minimum atomic E-state index is -0.683. The van der Waals surface area contributed by atoms with E-state index >= 15 is 0 Å². The Morgan fingerprint density at radius 2 is 2.18 bits per heavy atom. The quantitative estimate of drug-likeness (QED) is 0.810. The summed E-state index contributed by atoms with van der Waals surface area (Å²) in [5, 5.41) is 0. The average molecular weight is 300 g/mol. The maximum Gasteiger partial charge on any atom is 0.168 e. The standard InChI is InChI=1S/C13H18BrNO2/c1-4-13(3,17-5-2)12(16)7-10-6-11(14)9-15-8-10/h6,8-9H,4-5,7H2,1-3H3. The summed E-state index contributed by atoms with van der Waals surface area (Å²) in [7, 11) is 0. The number of halogens is 1. The molecule has 0 bridgehead atoms. The monoisotopic (exact) mass is 299 g/mol. The molecule has 0 aromatic carbocycles. The molecule has 0 aliphatic heterocycles. The minimum Gasteiger partial charge on any atom is -0.368 e. The first-order chi connectivity index (χ1) is 8.01. The van der Waals surface area contributed by atoms with Crippen molar-refractivity contribution in [1.82, 2.24) is 4.98 Å². The molecule has 94 valence electrons. The SMILES string of the molecule is CCOC(C)(CC)C(=O)Cc1cncc(Br)c1. The molecule has 0 saturated heterocycles. The van der Waals surface area contributed by atoms with Crippen molar-refractivity contribution in [3.8, 4) is 0 Å². The molecule has 0 N–H and O–H groups in total. The molecule has 1 atom stereocenters. The lowest BCUT2D eigenvalue weighted by Gasteiger charge is -2.26. The van der Waals surface area contributed by atoms with Crippen molar-refractivity contribution >= 4 is 21.7 Å². The van der Waals surface area contributed by atoms with Gasteiger partial charge in [-0.3, -0.25) is 9.78 Å². The fourth-order valence-electron chi connectivity index (χ4n) is 1.62. The van der Waals surface area contributed by atoms with Gasteiger partial charge in [0.1, 0.15) is 5.60 Å². The highest BCUT2D eigenvalue weighted by Crippen LogP contribution is 2.20. The molecule has 0 spiro atoms. The summed E-state index contributed by atoms with van der Waals surface area (Å²) in [6.45, 7) is 6.27. The number of Topliss-reactive ketones (excluding diaryl/α,β-unsaturated/α-hetero) is 1. The first kappa shape index (κ1) is 14.3. The molecular weight excluding hydrogens is 282 g/mol. The zero-order valence-electron chi connectivity index (χ0n) is 10.5. The molecule has 1 unspecified atom stereocenters. The number of ether oxygens (including phenoxy) is 1. The van der Waals surface area contributed by atoms with Crippen LogP contribution in [0.3, 0.4) is 0 Å². The maximum atomic E-state index is 12.2. The van der Waals surface area contributed by atoms with Gasteiger partial charge in [0.05, 0.1) is 0 Å². The van der Waals surface area contributed by atoms with Crippen molar-refractivity contribution in [3.63, 3.8) is 0 Å². The van der Waals surface area contributed by atoms with Crippen molar-refractivity contribution < 1.29 is 9.53 Å². The van der Waals surface area contributed by atoms with Crippen molar-refractivity contribution in [2.24, 2.45) is 0 Å². The molecule has 0 aliphatic rings. The minimum absolute atomic E-state index is 0.0988. The number of aromatic nitrogens is 1. The van der Waals surface area contributed by atoms with Crippen LogP contribution < -0.4 is 0 Å². The first-order valence-corrected chi connectivity index (χ1v) is 6.57. The number of pyridine rings is 1. The topological polar surface area (TPSA) is 39.2 Å². The average Bonchev–Trinajstić information content (AvgIpc) is 2.29. The highest BCUT2D eigenvalue weighted by atomic mass is 79.9. The van der Waals surface area contributed by atoms with E-state index in [0.717, 1.165) is 10.0 Å². The Hall–Kier alpha value is -0.740. The van der Waals surface area contributed by atoms with Gasteiger partial charge in [-0.1, -0.05) is 6.92 Å². The Balaban J connectivity index is 2.77. The van der Waals surface area contributed by atoms with Crippen molar-refractivity contribution in [3.05, 3.63) is 28.5 Å². The zero-order valence-corrected chi connectivity index (χ0v) is 12.1. The van der Waals surface area contributed by atoms with E-state index in [1.807, 2.05) is 26.8 Å². The van der Waals surface area contributed by atoms with E-state index in [1.54, 1.807) is 12.4 Å². The summed E-state index contributed by atoms with van der Waals surface area (Å²) in [4.78, 5) is 16.2. The Morgan fingerprint density at radius 3 is 2.71 bits per heavy atom. The maximum absolute atomic E-state index is 12.2. The van der Waals surface area contributed by atoms with Crippen molar-refractivity contribution in [2.75, 3.05) is 6.61 Å². The Labute approximate surface area is 111 Å². The lowest BCUT2D eigenvalue weighted by Crippen LogP contribution is -2.39. The van der Waals surface area contributed by atoms with Crippen LogP contribution in [0, 0.1) is 0 Å². The van der Waals surface area contributed by atoms with Gasteiger partial charge in [-0.15, -0.1) is 0 Å². The molecule has 1 aromatic rings. The third kappa shape index (κ3) is 3.89. The van der Waals surface area contributed by atoms with Gasteiger partial charge in [-0.05, 0) is 47.8 Å². The van der Waals surface area contributed by atoms with Gasteiger partial charge in [0, 0.05) is 29.9 Å². The molecule has 0 radical (unpaired) electrons. The van der Waals surface area contributed by atoms with Crippen LogP contribution in [0.15, 0.2) is 22.9 Å². The smallest absolute Gasteiger partial charge is 0.168 e. The molecule has 3 nitrogen and oxygen atoms in total. The van der Waals surface area contributed by atoms with E-state index in [9.17, 15) is 4.79 Å². The van der Waals surface area contributed by atoms with E-state index in [4.69, 9.17) is 4.74 Å². The second kappa shape index (κ2) is 6.26. The molecule has 0 fully saturated rings. The summed E-state index contributed by atoms with van der Waals surface area (Å²) >= 11 is 3.35. The molecule has 0 aliphatic carbocycles. The number of rotatable bonds is 6. The Bertz CT molecular complexity index is 395. The molecule has 4 heteroatoms. The number of hydrogen-bond donors (Lipinski definition) is 0. The molecule has 0 saturated carbocycles. The van der Waals surface area contributed by atoms with Gasteiger partial charge in [-0.2, -0.15) is 0 Å². The second-order valence-electron chi connectivity index (χ2n) is 4.13. The van der Waals surface area contributed by atoms with E-state index in [0.29, 0.717) is 19.4 Å². The molecule has 0 amide bonds. The highest BCUT2D eigenvalue weighted by Gasteiger charge is 2.31. The first-order valence-electron chi connectivity index (χ1n) is 5.78. The van der Waals surface area contributed by atoms with Crippen LogP contribution in [-0.4, -0.2) is 23.0 Å². The normalized spacial score (nSPS) is 14.4. The largest absolute Gasteiger partial charge is 0.368 e. The van der Waals surface area contributed by atoms with Crippen LogP contribution in [0.4, 0.5) is 0 Å². The van der Waals surface area contributed by atoms with Crippen LogP contribution in [0.2, 0.25) is 0 Å². The highest BCUT2D eigenvalue weighted by molar-refractivity contribution is 9.10. The number of carbonyl (C=O) groups excluding carboxylic acids is 1. The molecule has 17 heavy (non-hydrogen) atoms. The number of carbonyl (C=O) groups is 1. The third-order valence-electron chi connectivity index (χ3n) is 2.85. The number of ketones is 1. The molecule has 1 aromatic heterocycles. The zero-order chi connectivity index (χ0) is 12.9. The van der Waals surface area contributed by atoms with Gasteiger partial charge < -0.3 is 4.74 Å². The Morgan fingerprint density at radius 1 is 1.47 bits per heavy atom. The lowest BCUT2D eigenvalue weighted by atomic mass is 9.93. The van der Waals surface area contributed by atoms with Crippen LogP contribution in [0.1, 0.15) is 32.8 Å². The predicted octanol–water partition coefficient (Wildman–Crippen LogP) is 3.16.